The summed E-state index contributed by atoms with van der Waals surface area (Å²) < 4.78 is 16.3. The van der Waals surface area contributed by atoms with E-state index < -0.39 is 23.5 Å². The molecule has 2 saturated heterocycles. The van der Waals surface area contributed by atoms with Crippen LogP contribution in [0.2, 0.25) is 0 Å². The Kier molecular flexibility index (Phi) is 5.10. The van der Waals surface area contributed by atoms with E-state index in [1.807, 2.05) is 13.8 Å². The molecule has 2 aliphatic heterocycles. The monoisotopic (exact) mass is 356 g/mol. The van der Waals surface area contributed by atoms with E-state index in [4.69, 9.17) is 24.0 Å². The Morgan fingerprint density at radius 2 is 1.88 bits per heavy atom. The third-order valence-corrected chi connectivity index (χ3v) is 5.89. The van der Waals surface area contributed by atoms with Crippen LogP contribution in [0.1, 0.15) is 53.4 Å². The number of hydrogen-bond donors (Lipinski definition) is 0. The molecule has 0 unspecified atom stereocenters. The van der Waals surface area contributed by atoms with E-state index in [0.717, 1.165) is 25.7 Å². The minimum atomic E-state index is -0.876. The number of esters is 2. The van der Waals surface area contributed by atoms with Crippen LogP contribution in [0.15, 0.2) is 0 Å². The molecular formula is C18H28O7. The van der Waals surface area contributed by atoms with Gasteiger partial charge in [-0.1, -0.05) is 13.8 Å². The topological polar surface area (TPSA) is 80.3 Å². The fourth-order valence-corrected chi connectivity index (χ4v) is 4.53. The SMILES string of the molecule is CC(=O)OCCOC(=O)[C@@H](C)[C@H]1CC[C@H](C)[C@H]2CC[C@@]3(C)OO[C@@]12O3. The molecule has 0 aromatic heterocycles. The molecule has 0 N–H and O–H groups in total. The number of carbonyl (C=O) groups excluding carboxylic acids is 2. The smallest absolute Gasteiger partial charge is 0.309 e. The molecule has 3 aliphatic rings. The predicted molar refractivity (Wildman–Crippen MR) is 85.8 cm³/mol. The van der Waals surface area contributed by atoms with E-state index >= 15 is 0 Å². The third kappa shape index (κ3) is 3.41. The standard InChI is InChI=1S/C18H28O7/c1-11-5-6-15(12(2)16(20)22-10-9-21-13(3)19)18-14(11)7-8-17(4,23-18)24-25-18/h11-12,14-15H,5-10H2,1-4H3/t11-,12-,14+,15+,17+,18+/m0/s1. The highest BCUT2D eigenvalue weighted by Gasteiger charge is 2.66. The first kappa shape index (κ1) is 18.6. The van der Waals surface area contributed by atoms with Gasteiger partial charge in [0.2, 0.25) is 11.6 Å². The highest BCUT2D eigenvalue weighted by atomic mass is 17.3. The van der Waals surface area contributed by atoms with E-state index in [0.29, 0.717) is 5.92 Å². The molecule has 7 heteroatoms. The summed E-state index contributed by atoms with van der Waals surface area (Å²) in [6, 6.07) is 0. The van der Waals surface area contributed by atoms with Crippen molar-refractivity contribution in [1.29, 1.82) is 0 Å². The van der Waals surface area contributed by atoms with Gasteiger partial charge in [0.15, 0.2) is 0 Å². The molecule has 0 aromatic rings. The second-order valence-electron chi connectivity index (χ2n) is 7.73. The van der Waals surface area contributed by atoms with Gasteiger partial charge in [0.05, 0.1) is 5.92 Å². The lowest BCUT2D eigenvalue weighted by molar-refractivity contribution is -0.371. The van der Waals surface area contributed by atoms with Gasteiger partial charge in [0, 0.05) is 25.2 Å². The van der Waals surface area contributed by atoms with Crippen LogP contribution < -0.4 is 0 Å². The molecule has 6 atom stereocenters. The van der Waals surface area contributed by atoms with Crippen molar-refractivity contribution < 1.29 is 33.6 Å². The highest BCUT2D eigenvalue weighted by molar-refractivity contribution is 5.72. The molecular weight excluding hydrogens is 328 g/mol. The van der Waals surface area contributed by atoms with Crippen molar-refractivity contribution in [1.82, 2.24) is 0 Å². The Balaban J connectivity index is 1.68. The van der Waals surface area contributed by atoms with Crippen molar-refractivity contribution in [2.75, 3.05) is 13.2 Å². The first-order valence-electron chi connectivity index (χ1n) is 9.14. The van der Waals surface area contributed by atoms with Gasteiger partial charge in [0.1, 0.15) is 13.2 Å². The van der Waals surface area contributed by atoms with Crippen molar-refractivity contribution in [3.8, 4) is 0 Å². The van der Waals surface area contributed by atoms with Crippen LogP contribution >= 0.6 is 0 Å². The van der Waals surface area contributed by atoms with Gasteiger partial charge in [-0.25, -0.2) is 0 Å². The molecule has 0 amide bonds. The maximum absolute atomic E-state index is 12.5. The largest absolute Gasteiger partial charge is 0.462 e. The van der Waals surface area contributed by atoms with Crippen LogP contribution in [-0.4, -0.2) is 36.7 Å². The van der Waals surface area contributed by atoms with Crippen LogP contribution in [0, 0.1) is 23.7 Å². The number of ether oxygens (including phenoxy) is 3. The Morgan fingerprint density at radius 1 is 1.16 bits per heavy atom. The Labute approximate surface area is 148 Å². The van der Waals surface area contributed by atoms with Crippen molar-refractivity contribution in [2.45, 2.75) is 65.0 Å². The highest BCUT2D eigenvalue weighted by Crippen LogP contribution is 2.58. The van der Waals surface area contributed by atoms with Crippen LogP contribution in [0.25, 0.3) is 0 Å². The zero-order valence-corrected chi connectivity index (χ0v) is 15.4. The molecule has 7 nitrogen and oxygen atoms in total. The summed E-state index contributed by atoms with van der Waals surface area (Å²) >= 11 is 0. The van der Waals surface area contributed by atoms with Crippen molar-refractivity contribution >= 4 is 11.9 Å². The minimum absolute atomic E-state index is 0.0538. The van der Waals surface area contributed by atoms with Crippen molar-refractivity contribution in [3.63, 3.8) is 0 Å². The number of hydrogen-bond acceptors (Lipinski definition) is 7. The van der Waals surface area contributed by atoms with Crippen LogP contribution in [0.5, 0.6) is 0 Å². The molecule has 142 valence electrons. The summed E-state index contributed by atoms with van der Waals surface area (Å²) in [7, 11) is 0. The second kappa shape index (κ2) is 6.85. The molecule has 0 aromatic carbocycles. The number of carbonyl (C=O) groups is 2. The minimum Gasteiger partial charge on any atom is -0.462 e. The van der Waals surface area contributed by atoms with Crippen LogP contribution in [-0.2, 0) is 33.6 Å². The fourth-order valence-electron chi connectivity index (χ4n) is 4.53. The van der Waals surface area contributed by atoms with Gasteiger partial charge in [-0.15, -0.1) is 0 Å². The summed E-state index contributed by atoms with van der Waals surface area (Å²) in [4.78, 5) is 34.6. The molecule has 0 radical (unpaired) electrons. The molecule has 1 aliphatic carbocycles. The lowest BCUT2D eigenvalue weighted by Gasteiger charge is -2.50. The summed E-state index contributed by atoms with van der Waals surface area (Å²) in [6.45, 7) is 7.38. The van der Waals surface area contributed by atoms with E-state index in [9.17, 15) is 9.59 Å². The average Bonchev–Trinajstić information content (AvgIpc) is 2.81. The zero-order valence-electron chi connectivity index (χ0n) is 15.4. The Bertz CT molecular complexity index is 536. The van der Waals surface area contributed by atoms with Gasteiger partial charge < -0.3 is 14.2 Å². The summed E-state index contributed by atoms with van der Waals surface area (Å²) in [6.07, 6.45) is 3.59. The lowest BCUT2D eigenvalue weighted by Crippen LogP contribution is -2.58. The van der Waals surface area contributed by atoms with Gasteiger partial charge in [-0.05, 0) is 32.1 Å². The molecule has 1 saturated carbocycles. The summed E-state index contributed by atoms with van der Waals surface area (Å²) in [5, 5.41) is 0. The number of fused-ring (bicyclic) bond motifs is 1. The summed E-state index contributed by atoms with van der Waals surface area (Å²) in [5.41, 5.74) is 0. The van der Waals surface area contributed by atoms with Crippen LogP contribution in [0.4, 0.5) is 0 Å². The Morgan fingerprint density at radius 3 is 2.60 bits per heavy atom. The molecule has 3 rings (SSSR count). The van der Waals surface area contributed by atoms with E-state index in [-0.39, 0.29) is 31.0 Å². The van der Waals surface area contributed by atoms with Crippen molar-refractivity contribution in [2.24, 2.45) is 23.7 Å². The molecule has 3 fully saturated rings. The second-order valence-corrected chi connectivity index (χ2v) is 7.73. The van der Waals surface area contributed by atoms with Crippen molar-refractivity contribution in [3.05, 3.63) is 0 Å². The Hall–Kier alpha value is -1.18. The first-order valence-corrected chi connectivity index (χ1v) is 9.14. The first-order chi connectivity index (χ1) is 11.8. The van der Waals surface area contributed by atoms with E-state index in [2.05, 4.69) is 6.92 Å². The lowest BCUT2D eigenvalue weighted by atomic mass is 9.63. The maximum Gasteiger partial charge on any atom is 0.309 e. The summed E-state index contributed by atoms with van der Waals surface area (Å²) in [5.74, 6) is -2.19. The maximum atomic E-state index is 12.5. The van der Waals surface area contributed by atoms with Crippen LogP contribution in [0.3, 0.4) is 0 Å². The van der Waals surface area contributed by atoms with Gasteiger partial charge in [-0.3, -0.25) is 9.59 Å². The van der Waals surface area contributed by atoms with E-state index in [1.54, 1.807) is 0 Å². The fraction of sp³-hybridized carbons (Fsp3) is 0.889. The number of rotatable bonds is 5. The molecule has 1 spiro atoms. The van der Waals surface area contributed by atoms with Gasteiger partial charge in [-0.2, -0.15) is 9.78 Å². The van der Waals surface area contributed by atoms with Gasteiger partial charge >= 0.3 is 11.9 Å². The van der Waals surface area contributed by atoms with Gasteiger partial charge in [0.25, 0.3) is 0 Å². The average molecular weight is 356 g/mol. The predicted octanol–water partition coefficient (Wildman–Crippen LogP) is 2.58. The quantitative estimate of drug-likeness (QED) is 0.425. The normalized spacial score (nSPS) is 40.9. The molecule has 25 heavy (non-hydrogen) atoms. The van der Waals surface area contributed by atoms with E-state index in [1.165, 1.54) is 6.92 Å². The molecule has 2 heterocycles. The zero-order chi connectivity index (χ0) is 18.2. The molecule has 2 bridgehead atoms. The third-order valence-electron chi connectivity index (χ3n) is 5.89.